The number of urea groups is 1. The van der Waals surface area contributed by atoms with E-state index in [2.05, 4.69) is 25.4 Å². The van der Waals surface area contributed by atoms with Gasteiger partial charge in [0.2, 0.25) is 5.13 Å². The molecule has 18 heavy (non-hydrogen) atoms. The molecule has 8 nitrogen and oxygen atoms in total. The van der Waals surface area contributed by atoms with Gasteiger partial charge in [-0.1, -0.05) is 16.0 Å². The number of amides is 2. The fourth-order valence-electron chi connectivity index (χ4n) is 2.15. The van der Waals surface area contributed by atoms with Crippen molar-refractivity contribution < 1.29 is 14.7 Å². The first-order valence-corrected chi connectivity index (χ1v) is 6.37. The van der Waals surface area contributed by atoms with Crippen molar-refractivity contribution in [3.63, 3.8) is 0 Å². The summed E-state index contributed by atoms with van der Waals surface area (Å²) in [6.45, 7) is 0.356. The molecule has 1 fully saturated rings. The first-order chi connectivity index (χ1) is 8.66. The molecule has 0 aliphatic heterocycles. The van der Waals surface area contributed by atoms with Crippen LogP contribution in [0.15, 0.2) is 0 Å². The second-order valence-electron chi connectivity index (χ2n) is 4.14. The lowest BCUT2D eigenvalue weighted by molar-refractivity contribution is -0.142. The number of rotatable bonds is 4. The van der Waals surface area contributed by atoms with Crippen LogP contribution in [0, 0.1) is 11.8 Å². The SMILES string of the molecule is O=C(NCC1CCCC1C(=O)O)Nc1nnns1. The van der Waals surface area contributed by atoms with E-state index in [0.29, 0.717) is 18.1 Å². The molecular formula is C9H13N5O3S. The number of hydrogen-bond donors (Lipinski definition) is 3. The maximum absolute atomic E-state index is 11.5. The topological polar surface area (TPSA) is 117 Å². The van der Waals surface area contributed by atoms with Crippen molar-refractivity contribution in [1.82, 2.24) is 20.1 Å². The van der Waals surface area contributed by atoms with Crippen LogP contribution in [-0.4, -0.2) is 38.5 Å². The van der Waals surface area contributed by atoms with Gasteiger partial charge in [0.05, 0.1) is 5.92 Å². The Balaban J connectivity index is 1.77. The van der Waals surface area contributed by atoms with Crippen LogP contribution in [0.25, 0.3) is 0 Å². The third-order valence-electron chi connectivity index (χ3n) is 3.02. The third kappa shape index (κ3) is 3.13. The van der Waals surface area contributed by atoms with Crippen LogP contribution in [0.5, 0.6) is 0 Å². The smallest absolute Gasteiger partial charge is 0.321 e. The van der Waals surface area contributed by atoms with E-state index in [1.807, 2.05) is 0 Å². The Bertz CT molecular complexity index is 424. The highest BCUT2D eigenvalue weighted by Gasteiger charge is 2.32. The lowest BCUT2D eigenvalue weighted by Gasteiger charge is -2.16. The van der Waals surface area contributed by atoms with Crippen LogP contribution in [0.2, 0.25) is 0 Å². The number of carbonyl (C=O) groups is 2. The standard InChI is InChI=1S/C9H13N5O3S/c15-7(16)6-3-1-2-5(6)4-10-8(17)11-9-12-13-14-18-9/h5-6H,1-4H2,(H,15,16)(H2,10,11,12,14,17). The van der Waals surface area contributed by atoms with Gasteiger partial charge in [-0.05, 0) is 24.0 Å². The number of aromatic nitrogens is 3. The van der Waals surface area contributed by atoms with Gasteiger partial charge in [0.1, 0.15) is 0 Å². The van der Waals surface area contributed by atoms with Gasteiger partial charge in [0, 0.05) is 18.1 Å². The molecule has 1 aliphatic rings. The zero-order valence-corrected chi connectivity index (χ0v) is 10.3. The Morgan fingerprint density at radius 2 is 2.28 bits per heavy atom. The molecule has 1 saturated carbocycles. The average molecular weight is 271 g/mol. The zero-order valence-electron chi connectivity index (χ0n) is 9.50. The second kappa shape index (κ2) is 5.71. The Labute approximate surface area is 107 Å². The van der Waals surface area contributed by atoms with E-state index in [0.717, 1.165) is 24.4 Å². The number of nitrogens with one attached hydrogen (secondary N) is 2. The molecule has 0 radical (unpaired) electrons. The van der Waals surface area contributed by atoms with Crippen molar-refractivity contribution in [2.75, 3.05) is 11.9 Å². The number of aliphatic carboxylic acids is 1. The molecule has 98 valence electrons. The van der Waals surface area contributed by atoms with Gasteiger partial charge < -0.3 is 10.4 Å². The predicted octanol–water partition coefficient (Wildman–Crippen LogP) is 0.555. The zero-order chi connectivity index (χ0) is 13.0. The van der Waals surface area contributed by atoms with Crippen LogP contribution in [0.1, 0.15) is 19.3 Å². The first kappa shape index (κ1) is 12.7. The van der Waals surface area contributed by atoms with Crippen molar-refractivity contribution in [1.29, 1.82) is 0 Å². The molecular weight excluding hydrogens is 258 g/mol. The quantitative estimate of drug-likeness (QED) is 0.736. The molecule has 0 bridgehead atoms. The summed E-state index contributed by atoms with van der Waals surface area (Å²) < 4.78 is 3.51. The molecule has 2 rings (SSSR count). The molecule has 0 aromatic carbocycles. The third-order valence-corrected chi connectivity index (χ3v) is 3.53. The molecule has 1 aliphatic carbocycles. The van der Waals surface area contributed by atoms with Crippen molar-refractivity contribution in [3.8, 4) is 0 Å². The van der Waals surface area contributed by atoms with Crippen molar-refractivity contribution in [3.05, 3.63) is 0 Å². The number of hydrogen-bond acceptors (Lipinski definition) is 6. The highest BCUT2D eigenvalue weighted by atomic mass is 32.1. The summed E-state index contributed by atoms with van der Waals surface area (Å²) in [6, 6.07) is -0.412. The minimum atomic E-state index is -0.784. The summed E-state index contributed by atoms with van der Waals surface area (Å²) in [5.41, 5.74) is 0. The molecule has 2 unspecified atom stereocenters. The minimum Gasteiger partial charge on any atom is -0.481 e. The van der Waals surface area contributed by atoms with Crippen LogP contribution >= 0.6 is 11.5 Å². The number of carboxylic acid groups (broad SMARTS) is 1. The van der Waals surface area contributed by atoms with Crippen molar-refractivity contribution in [2.24, 2.45) is 11.8 Å². The summed E-state index contributed by atoms with van der Waals surface area (Å²) in [5, 5.41) is 21.4. The number of carbonyl (C=O) groups excluding carboxylic acids is 1. The molecule has 2 amide bonds. The van der Waals surface area contributed by atoms with Gasteiger partial charge in [0.15, 0.2) is 0 Å². The van der Waals surface area contributed by atoms with Crippen LogP contribution in [-0.2, 0) is 4.79 Å². The van der Waals surface area contributed by atoms with Crippen LogP contribution < -0.4 is 10.6 Å². The van der Waals surface area contributed by atoms with E-state index >= 15 is 0 Å². The molecule has 1 aromatic rings. The van der Waals surface area contributed by atoms with E-state index < -0.39 is 12.0 Å². The summed E-state index contributed by atoms with van der Waals surface area (Å²) in [7, 11) is 0. The number of nitrogens with zero attached hydrogens (tertiary/aromatic N) is 3. The van der Waals surface area contributed by atoms with Gasteiger partial charge in [-0.15, -0.1) is 0 Å². The summed E-state index contributed by atoms with van der Waals surface area (Å²) in [5.74, 6) is -1.14. The van der Waals surface area contributed by atoms with Gasteiger partial charge in [0.25, 0.3) is 0 Å². The van der Waals surface area contributed by atoms with Crippen molar-refractivity contribution >= 4 is 28.7 Å². The van der Waals surface area contributed by atoms with E-state index in [-0.39, 0.29) is 11.8 Å². The van der Waals surface area contributed by atoms with Gasteiger partial charge in [-0.2, -0.15) is 0 Å². The fourth-order valence-corrected chi connectivity index (χ4v) is 2.52. The van der Waals surface area contributed by atoms with Gasteiger partial charge in [-0.3, -0.25) is 10.1 Å². The molecule has 1 aromatic heterocycles. The first-order valence-electron chi connectivity index (χ1n) is 5.59. The lowest BCUT2D eigenvalue weighted by Crippen LogP contribution is -2.35. The summed E-state index contributed by atoms with van der Waals surface area (Å²) in [4.78, 5) is 22.4. The Morgan fingerprint density at radius 1 is 1.44 bits per heavy atom. The Kier molecular flexibility index (Phi) is 4.03. The normalized spacial score (nSPS) is 22.7. The molecule has 9 heteroatoms. The van der Waals surface area contributed by atoms with Gasteiger partial charge >= 0.3 is 12.0 Å². The van der Waals surface area contributed by atoms with E-state index in [9.17, 15) is 9.59 Å². The largest absolute Gasteiger partial charge is 0.481 e. The van der Waals surface area contributed by atoms with E-state index in [1.54, 1.807) is 0 Å². The monoisotopic (exact) mass is 271 g/mol. The summed E-state index contributed by atoms with van der Waals surface area (Å²) in [6.07, 6.45) is 2.41. The summed E-state index contributed by atoms with van der Waals surface area (Å²) >= 11 is 0.977. The Morgan fingerprint density at radius 3 is 2.94 bits per heavy atom. The van der Waals surface area contributed by atoms with Crippen molar-refractivity contribution in [2.45, 2.75) is 19.3 Å². The Hall–Kier alpha value is -1.77. The average Bonchev–Trinajstić information content (AvgIpc) is 2.96. The maximum atomic E-state index is 11.5. The van der Waals surface area contributed by atoms with Gasteiger partial charge in [-0.25, -0.2) is 4.79 Å². The highest BCUT2D eigenvalue weighted by molar-refractivity contribution is 7.09. The number of carboxylic acids is 1. The minimum absolute atomic E-state index is 0.000736. The number of anilines is 1. The molecule has 0 saturated heterocycles. The highest BCUT2D eigenvalue weighted by Crippen LogP contribution is 2.31. The van der Waals surface area contributed by atoms with Crippen LogP contribution in [0.3, 0.4) is 0 Å². The second-order valence-corrected chi connectivity index (χ2v) is 4.87. The maximum Gasteiger partial charge on any atom is 0.321 e. The van der Waals surface area contributed by atoms with E-state index in [1.165, 1.54) is 0 Å². The molecule has 3 N–H and O–H groups in total. The lowest BCUT2D eigenvalue weighted by atomic mass is 9.96. The predicted molar refractivity (Wildman–Crippen MR) is 63.2 cm³/mol. The van der Waals surface area contributed by atoms with E-state index in [4.69, 9.17) is 5.11 Å². The fraction of sp³-hybridized carbons (Fsp3) is 0.667. The van der Waals surface area contributed by atoms with Crippen LogP contribution in [0.4, 0.5) is 9.93 Å². The molecule has 1 heterocycles. The molecule has 0 spiro atoms. The molecule has 2 atom stereocenters.